The Hall–Kier alpha value is -2.67. The van der Waals surface area contributed by atoms with Gasteiger partial charge in [0.05, 0.1) is 11.9 Å². The van der Waals surface area contributed by atoms with Crippen LogP contribution in [0.2, 0.25) is 0 Å². The first-order valence-electron chi connectivity index (χ1n) is 9.40. The minimum absolute atomic E-state index is 0.566. The summed E-state index contributed by atoms with van der Waals surface area (Å²) < 4.78 is 5.90. The highest BCUT2D eigenvalue weighted by Gasteiger charge is 2.18. The van der Waals surface area contributed by atoms with E-state index in [0.29, 0.717) is 13.2 Å². The maximum Gasteiger partial charge on any atom is 0.151 e. The van der Waals surface area contributed by atoms with Crippen molar-refractivity contribution in [2.75, 3.05) is 50.8 Å². The van der Waals surface area contributed by atoms with Gasteiger partial charge in [-0.1, -0.05) is 17.3 Å². The molecule has 0 spiro atoms. The van der Waals surface area contributed by atoms with E-state index in [1.807, 2.05) is 50.2 Å². The topological polar surface area (TPSA) is 63.1 Å². The molecule has 0 radical (unpaired) electrons. The lowest BCUT2D eigenvalue weighted by atomic mass is 10.2. The highest BCUT2D eigenvalue weighted by atomic mass is 16.6. The number of benzene rings is 1. The van der Waals surface area contributed by atoms with E-state index < -0.39 is 0 Å². The number of hydrogen-bond donors (Lipinski definition) is 0. The van der Waals surface area contributed by atoms with Crippen LogP contribution in [0, 0.1) is 6.92 Å². The van der Waals surface area contributed by atoms with Crippen LogP contribution in [0.15, 0.2) is 41.6 Å². The van der Waals surface area contributed by atoms with Crippen LogP contribution in [-0.4, -0.2) is 67.2 Å². The second-order valence-corrected chi connectivity index (χ2v) is 6.43. The summed E-state index contributed by atoms with van der Waals surface area (Å²) in [5, 5.41) is 12.3. The molecule has 27 heavy (non-hydrogen) atoms. The van der Waals surface area contributed by atoms with Crippen LogP contribution in [0.3, 0.4) is 0 Å². The molecule has 2 aromatic rings. The molecule has 1 fully saturated rings. The number of ether oxygens (including phenoxy) is 1. The van der Waals surface area contributed by atoms with Gasteiger partial charge in [-0.15, -0.1) is 5.10 Å². The van der Waals surface area contributed by atoms with E-state index in [2.05, 4.69) is 25.2 Å². The van der Waals surface area contributed by atoms with Gasteiger partial charge >= 0.3 is 0 Å². The molecule has 0 aliphatic carbocycles. The molecule has 1 aliphatic heterocycles. The van der Waals surface area contributed by atoms with Crippen LogP contribution in [-0.2, 0) is 4.84 Å². The van der Waals surface area contributed by atoms with Gasteiger partial charge in [0.15, 0.2) is 5.82 Å². The Morgan fingerprint density at radius 2 is 1.96 bits per heavy atom. The average Bonchev–Trinajstić information content (AvgIpc) is 2.70. The average molecular weight is 369 g/mol. The molecule has 2 heterocycles. The molecule has 7 heteroatoms. The summed E-state index contributed by atoms with van der Waals surface area (Å²) in [6.07, 6.45) is 1.70. The van der Waals surface area contributed by atoms with E-state index in [0.717, 1.165) is 55.5 Å². The van der Waals surface area contributed by atoms with E-state index >= 15 is 0 Å². The molecule has 0 unspecified atom stereocenters. The van der Waals surface area contributed by atoms with Crippen LogP contribution in [0.1, 0.15) is 18.2 Å². The lowest BCUT2D eigenvalue weighted by Crippen LogP contribution is -2.47. The third kappa shape index (κ3) is 5.92. The van der Waals surface area contributed by atoms with E-state index in [1.165, 1.54) is 0 Å². The van der Waals surface area contributed by atoms with Crippen LogP contribution in [0.4, 0.5) is 5.82 Å². The standard InChI is InChI=1S/C20H27N5O2/c1-3-27-21-16-18-5-4-6-19(15-18)26-14-13-24-9-11-25(12-10-24)20-8-7-17(2)22-23-20/h4-8,15-16H,3,9-14H2,1-2H3. The van der Waals surface area contributed by atoms with E-state index in [1.54, 1.807) is 6.21 Å². The third-order valence-corrected chi connectivity index (χ3v) is 4.42. The minimum Gasteiger partial charge on any atom is -0.492 e. The number of nitrogens with zero attached hydrogens (tertiary/aromatic N) is 5. The first-order valence-corrected chi connectivity index (χ1v) is 9.40. The summed E-state index contributed by atoms with van der Waals surface area (Å²) in [5.74, 6) is 1.81. The number of hydrogen-bond acceptors (Lipinski definition) is 7. The second kappa shape index (κ2) is 9.87. The second-order valence-electron chi connectivity index (χ2n) is 6.43. The first-order chi connectivity index (χ1) is 13.2. The largest absolute Gasteiger partial charge is 0.492 e. The molecular formula is C20H27N5O2. The van der Waals surface area contributed by atoms with Crippen molar-refractivity contribution < 1.29 is 9.57 Å². The number of oxime groups is 1. The number of anilines is 1. The number of rotatable bonds is 8. The summed E-state index contributed by atoms with van der Waals surface area (Å²) in [7, 11) is 0. The van der Waals surface area contributed by atoms with Crippen LogP contribution < -0.4 is 9.64 Å². The molecular weight excluding hydrogens is 342 g/mol. The summed E-state index contributed by atoms with van der Waals surface area (Å²) in [6, 6.07) is 11.9. The van der Waals surface area contributed by atoms with E-state index in [-0.39, 0.29) is 0 Å². The summed E-state index contributed by atoms with van der Waals surface area (Å²) in [6.45, 7) is 9.92. The van der Waals surface area contributed by atoms with Gasteiger partial charge in [-0.25, -0.2) is 0 Å². The normalized spacial score (nSPS) is 15.3. The van der Waals surface area contributed by atoms with Crippen molar-refractivity contribution in [1.29, 1.82) is 0 Å². The van der Waals surface area contributed by atoms with Crippen molar-refractivity contribution in [3.8, 4) is 5.75 Å². The fourth-order valence-electron chi connectivity index (χ4n) is 2.91. The van der Waals surface area contributed by atoms with Crippen molar-refractivity contribution in [3.05, 3.63) is 47.7 Å². The molecule has 7 nitrogen and oxygen atoms in total. The quantitative estimate of drug-likeness (QED) is 0.526. The maximum atomic E-state index is 5.90. The minimum atomic E-state index is 0.566. The molecule has 1 aromatic carbocycles. The van der Waals surface area contributed by atoms with Gasteiger partial charge in [0, 0.05) is 32.7 Å². The van der Waals surface area contributed by atoms with Gasteiger partial charge in [-0.05, 0) is 43.7 Å². The fourth-order valence-corrected chi connectivity index (χ4v) is 2.91. The molecule has 1 saturated heterocycles. The van der Waals surface area contributed by atoms with Crippen molar-refractivity contribution in [2.45, 2.75) is 13.8 Å². The lowest BCUT2D eigenvalue weighted by Gasteiger charge is -2.35. The Morgan fingerprint density at radius 3 is 2.70 bits per heavy atom. The fraction of sp³-hybridized carbons (Fsp3) is 0.450. The Morgan fingerprint density at radius 1 is 1.11 bits per heavy atom. The molecule has 0 N–H and O–H groups in total. The first kappa shape index (κ1) is 19.1. The molecule has 0 atom stereocenters. The third-order valence-electron chi connectivity index (χ3n) is 4.42. The van der Waals surface area contributed by atoms with Crippen molar-refractivity contribution in [3.63, 3.8) is 0 Å². The summed E-state index contributed by atoms with van der Waals surface area (Å²) in [4.78, 5) is 9.69. The Bertz CT molecular complexity index is 727. The van der Waals surface area contributed by atoms with Crippen LogP contribution in [0.25, 0.3) is 0 Å². The van der Waals surface area contributed by atoms with Gasteiger partial charge in [0.25, 0.3) is 0 Å². The van der Waals surface area contributed by atoms with Gasteiger partial charge in [0.1, 0.15) is 19.0 Å². The van der Waals surface area contributed by atoms with Gasteiger partial charge in [-0.2, -0.15) is 5.10 Å². The maximum absolute atomic E-state index is 5.90. The van der Waals surface area contributed by atoms with E-state index in [9.17, 15) is 0 Å². The smallest absolute Gasteiger partial charge is 0.151 e. The highest BCUT2D eigenvalue weighted by Crippen LogP contribution is 2.14. The molecule has 0 bridgehead atoms. The molecule has 3 rings (SSSR count). The predicted octanol–water partition coefficient (Wildman–Crippen LogP) is 2.36. The zero-order valence-corrected chi connectivity index (χ0v) is 16.0. The zero-order valence-electron chi connectivity index (χ0n) is 16.0. The molecule has 1 aromatic heterocycles. The molecule has 1 aliphatic rings. The Labute approximate surface area is 160 Å². The summed E-state index contributed by atoms with van der Waals surface area (Å²) >= 11 is 0. The van der Waals surface area contributed by atoms with Crippen LogP contribution in [0.5, 0.6) is 5.75 Å². The summed E-state index contributed by atoms with van der Waals surface area (Å²) in [5.41, 5.74) is 1.91. The van der Waals surface area contributed by atoms with Gasteiger partial charge < -0.3 is 14.5 Å². The molecule has 144 valence electrons. The van der Waals surface area contributed by atoms with Crippen molar-refractivity contribution in [1.82, 2.24) is 15.1 Å². The predicted molar refractivity (Wildman–Crippen MR) is 107 cm³/mol. The molecule has 0 saturated carbocycles. The SMILES string of the molecule is CCON=Cc1cccc(OCCN2CCN(c3ccc(C)nn3)CC2)c1. The van der Waals surface area contributed by atoms with Crippen LogP contribution >= 0.6 is 0 Å². The zero-order chi connectivity index (χ0) is 18.9. The highest BCUT2D eigenvalue weighted by molar-refractivity contribution is 5.79. The van der Waals surface area contributed by atoms with E-state index in [4.69, 9.17) is 9.57 Å². The Kier molecular flexibility index (Phi) is 6.98. The molecule has 0 amide bonds. The van der Waals surface area contributed by atoms with Gasteiger partial charge in [-0.3, -0.25) is 4.90 Å². The van der Waals surface area contributed by atoms with Gasteiger partial charge in [0.2, 0.25) is 0 Å². The Balaban J connectivity index is 1.40. The van der Waals surface area contributed by atoms with Crippen molar-refractivity contribution >= 4 is 12.0 Å². The number of piperazine rings is 1. The van der Waals surface area contributed by atoms with Crippen molar-refractivity contribution in [2.24, 2.45) is 5.16 Å². The lowest BCUT2D eigenvalue weighted by molar-refractivity contribution is 0.160. The number of aromatic nitrogens is 2. The monoisotopic (exact) mass is 369 g/mol. The number of aryl methyl sites for hydroxylation is 1.